The van der Waals surface area contributed by atoms with E-state index in [-0.39, 0.29) is 17.9 Å². The first-order valence-electron chi connectivity index (χ1n) is 7.47. The highest BCUT2D eigenvalue weighted by molar-refractivity contribution is 5.81. The predicted octanol–water partition coefficient (Wildman–Crippen LogP) is 1.61. The fourth-order valence-electron chi connectivity index (χ4n) is 2.55. The normalized spacial score (nSPS) is 17.0. The highest BCUT2D eigenvalue weighted by Gasteiger charge is 2.26. The predicted molar refractivity (Wildman–Crippen MR) is 84.7 cm³/mol. The van der Waals surface area contributed by atoms with Gasteiger partial charge in [-0.3, -0.25) is 4.79 Å². The number of amides is 1. The number of para-hydroxylation sites is 2. The van der Waals surface area contributed by atoms with Crippen LogP contribution in [0.1, 0.15) is 19.8 Å². The second kappa shape index (κ2) is 7.31. The second-order valence-corrected chi connectivity index (χ2v) is 5.89. The summed E-state index contributed by atoms with van der Waals surface area (Å²) in [5.74, 6) is 0.760. The Morgan fingerprint density at radius 3 is 2.76 bits per heavy atom. The van der Waals surface area contributed by atoms with E-state index in [1.54, 1.807) is 7.11 Å². The minimum atomic E-state index is 0.0145. The van der Waals surface area contributed by atoms with E-state index >= 15 is 0 Å². The molecule has 0 atom stereocenters. The largest absolute Gasteiger partial charge is 0.495 e. The van der Waals surface area contributed by atoms with Gasteiger partial charge in [0.1, 0.15) is 5.75 Å². The molecule has 0 aromatic heterocycles. The van der Waals surface area contributed by atoms with Crippen molar-refractivity contribution in [2.45, 2.75) is 19.8 Å². The Labute approximate surface area is 126 Å². The zero-order valence-electron chi connectivity index (χ0n) is 12.9. The maximum atomic E-state index is 12.0. The van der Waals surface area contributed by atoms with Crippen molar-refractivity contribution in [2.24, 2.45) is 5.41 Å². The van der Waals surface area contributed by atoms with E-state index < -0.39 is 0 Å². The number of rotatable bonds is 6. The molecule has 3 N–H and O–H groups in total. The fraction of sp³-hybridized carbons (Fsp3) is 0.562. The van der Waals surface area contributed by atoms with Crippen LogP contribution in [0.2, 0.25) is 0 Å². The Hall–Kier alpha value is -1.75. The molecule has 1 fully saturated rings. The first-order valence-corrected chi connectivity index (χ1v) is 7.47. The standard InChI is InChI=1S/C16H25N3O2/c1-16(7-9-17-10-8-16)12-19-15(20)11-18-13-5-3-4-6-14(13)21-2/h3-6,17-18H,7-12H2,1-2H3,(H,19,20). The summed E-state index contributed by atoms with van der Waals surface area (Å²) in [6.07, 6.45) is 2.21. The molecule has 5 nitrogen and oxygen atoms in total. The molecule has 0 saturated carbocycles. The van der Waals surface area contributed by atoms with Crippen molar-refractivity contribution in [1.82, 2.24) is 10.6 Å². The van der Waals surface area contributed by atoms with Crippen LogP contribution in [0.5, 0.6) is 5.75 Å². The number of methoxy groups -OCH3 is 1. The monoisotopic (exact) mass is 291 g/mol. The highest BCUT2D eigenvalue weighted by atomic mass is 16.5. The van der Waals surface area contributed by atoms with Gasteiger partial charge in [-0.15, -0.1) is 0 Å². The molecule has 2 rings (SSSR count). The summed E-state index contributed by atoms with van der Waals surface area (Å²) in [4.78, 5) is 12.0. The zero-order chi connectivity index (χ0) is 15.1. The van der Waals surface area contributed by atoms with Crippen LogP contribution in [0.15, 0.2) is 24.3 Å². The third-order valence-corrected chi connectivity index (χ3v) is 4.07. The Kier molecular flexibility index (Phi) is 5.44. The molecule has 1 saturated heterocycles. The smallest absolute Gasteiger partial charge is 0.239 e. The molecule has 1 aromatic rings. The maximum Gasteiger partial charge on any atom is 0.239 e. The summed E-state index contributed by atoms with van der Waals surface area (Å²) in [5, 5.41) is 9.49. The molecule has 1 amide bonds. The number of hydrogen-bond acceptors (Lipinski definition) is 4. The summed E-state index contributed by atoms with van der Waals surface area (Å²) < 4.78 is 5.25. The number of piperidine rings is 1. The Balaban J connectivity index is 1.77. The molecule has 21 heavy (non-hydrogen) atoms. The van der Waals surface area contributed by atoms with Gasteiger partial charge in [-0.25, -0.2) is 0 Å². The van der Waals surface area contributed by atoms with Gasteiger partial charge in [-0.1, -0.05) is 19.1 Å². The molecular weight excluding hydrogens is 266 g/mol. The van der Waals surface area contributed by atoms with Gasteiger partial charge in [0.15, 0.2) is 0 Å². The van der Waals surface area contributed by atoms with E-state index in [4.69, 9.17) is 4.74 Å². The lowest BCUT2D eigenvalue weighted by atomic mass is 9.81. The molecule has 0 spiro atoms. The minimum absolute atomic E-state index is 0.0145. The average molecular weight is 291 g/mol. The SMILES string of the molecule is COc1ccccc1NCC(=O)NCC1(C)CCNCC1. The average Bonchev–Trinajstić information content (AvgIpc) is 2.52. The van der Waals surface area contributed by atoms with Crippen LogP contribution in [0.25, 0.3) is 0 Å². The van der Waals surface area contributed by atoms with E-state index in [1.165, 1.54) is 0 Å². The van der Waals surface area contributed by atoms with E-state index in [9.17, 15) is 4.79 Å². The van der Waals surface area contributed by atoms with Gasteiger partial charge in [-0.05, 0) is 43.5 Å². The van der Waals surface area contributed by atoms with Crippen molar-refractivity contribution in [3.05, 3.63) is 24.3 Å². The number of anilines is 1. The molecule has 116 valence electrons. The van der Waals surface area contributed by atoms with Gasteiger partial charge in [0.2, 0.25) is 5.91 Å². The summed E-state index contributed by atoms with van der Waals surface area (Å²) in [6, 6.07) is 7.59. The first-order chi connectivity index (χ1) is 10.1. The molecule has 1 aliphatic heterocycles. The molecule has 0 aliphatic carbocycles. The van der Waals surface area contributed by atoms with Crippen molar-refractivity contribution in [3.8, 4) is 5.75 Å². The van der Waals surface area contributed by atoms with E-state index in [2.05, 4.69) is 22.9 Å². The van der Waals surface area contributed by atoms with Crippen LogP contribution < -0.4 is 20.7 Å². The molecular formula is C16H25N3O2. The summed E-state index contributed by atoms with van der Waals surface area (Å²) in [5.41, 5.74) is 1.05. The number of ether oxygens (including phenoxy) is 1. The Morgan fingerprint density at radius 2 is 2.05 bits per heavy atom. The lowest BCUT2D eigenvalue weighted by Gasteiger charge is -2.34. The molecule has 0 unspecified atom stereocenters. The topological polar surface area (TPSA) is 62.4 Å². The van der Waals surface area contributed by atoms with Crippen LogP contribution in [-0.2, 0) is 4.79 Å². The second-order valence-electron chi connectivity index (χ2n) is 5.89. The Bertz CT molecular complexity index is 470. The van der Waals surface area contributed by atoms with Gasteiger partial charge in [-0.2, -0.15) is 0 Å². The van der Waals surface area contributed by atoms with Crippen molar-refractivity contribution in [2.75, 3.05) is 38.6 Å². The van der Waals surface area contributed by atoms with Gasteiger partial charge >= 0.3 is 0 Å². The highest BCUT2D eigenvalue weighted by Crippen LogP contribution is 2.26. The molecule has 1 heterocycles. The molecule has 0 radical (unpaired) electrons. The molecule has 1 aliphatic rings. The van der Waals surface area contributed by atoms with E-state index in [0.29, 0.717) is 0 Å². The van der Waals surface area contributed by atoms with Crippen molar-refractivity contribution in [1.29, 1.82) is 0 Å². The maximum absolute atomic E-state index is 12.0. The third-order valence-electron chi connectivity index (χ3n) is 4.07. The summed E-state index contributed by atoms with van der Waals surface area (Å²) in [7, 11) is 1.62. The quantitative estimate of drug-likeness (QED) is 0.745. The van der Waals surface area contributed by atoms with Crippen molar-refractivity contribution in [3.63, 3.8) is 0 Å². The third kappa shape index (κ3) is 4.63. The van der Waals surface area contributed by atoms with E-state index in [0.717, 1.165) is 43.9 Å². The first kappa shape index (κ1) is 15.6. The number of carbonyl (C=O) groups excluding carboxylic acids is 1. The van der Waals surface area contributed by atoms with Gasteiger partial charge in [0.05, 0.1) is 19.3 Å². The zero-order valence-corrected chi connectivity index (χ0v) is 12.9. The van der Waals surface area contributed by atoms with Crippen molar-refractivity contribution < 1.29 is 9.53 Å². The number of nitrogens with one attached hydrogen (secondary N) is 3. The fourth-order valence-corrected chi connectivity index (χ4v) is 2.55. The lowest BCUT2D eigenvalue weighted by Crippen LogP contribution is -2.44. The van der Waals surface area contributed by atoms with Crippen LogP contribution >= 0.6 is 0 Å². The summed E-state index contributed by atoms with van der Waals surface area (Å²) in [6.45, 7) is 5.30. The molecule has 5 heteroatoms. The van der Waals surface area contributed by atoms with Gasteiger partial charge in [0.25, 0.3) is 0 Å². The molecule has 1 aromatic carbocycles. The Morgan fingerprint density at radius 1 is 1.33 bits per heavy atom. The van der Waals surface area contributed by atoms with Crippen LogP contribution in [-0.4, -0.2) is 39.2 Å². The van der Waals surface area contributed by atoms with Crippen LogP contribution in [0, 0.1) is 5.41 Å². The number of benzene rings is 1. The van der Waals surface area contributed by atoms with Crippen LogP contribution in [0.4, 0.5) is 5.69 Å². The lowest BCUT2D eigenvalue weighted by molar-refractivity contribution is -0.119. The molecule has 0 bridgehead atoms. The van der Waals surface area contributed by atoms with Gasteiger partial charge in [0, 0.05) is 6.54 Å². The van der Waals surface area contributed by atoms with Crippen LogP contribution in [0.3, 0.4) is 0 Å². The number of carbonyl (C=O) groups is 1. The number of hydrogen-bond donors (Lipinski definition) is 3. The van der Waals surface area contributed by atoms with Crippen molar-refractivity contribution >= 4 is 11.6 Å². The summed E-state index contributed by atoms with van der Waals surface area (Å²) >= 11 is 0. The minimum Gasteiger partial charge on any atom is -0.495 e. The van der Waals surface area contributed by atoms with E-state index in [1.807, 2.05) is 24.3 Å². The van der Waals surface area contributed by atoms with Gasteiger partial charge < -0.3 is 20.7 Å².